The van der Waals surface area contributed by atoms with Crippen molar-refractivity contribution in [2.24, 2.45) is 0 Å². The molecule has 0 N–H and O–H groups in total. The average molecular weight is 240 g/mol. The zero-order valence-corrected chi connectivity index (χ0v) is 9.59. The molecule has 0 saturated carbocycles. The van der Waals surface area contributed by atoms with Crippen LogP contribution in [0.2, 0.25) is 5.02 Å². The van der Waals surface area contributed by atoms with E-state index >= 15 is 0 Å². The molecule has 1 rings (SSSR count). The number of benzene rings is 1. The smallest absolute Gasteiger partial charge is 0.256 e. The van der Waals surface area contributed by atoms with Gasteiger partial charge in [-0.1, -0.05) is 17.5 Å². The summed E-state index contributed by atoms with van der Waals surface area (Å²) >= 11 is 5.79. The summed E-state index contributed by atoms with van der Waals surface area (Å²) in [5.74, 6) is 1.63. The highest BCUT2D eigenvalue weighted by Gasteiger charge is 2.16. The number of nitrogens with zero attached hydrogens (tertiary/aromatic N) is 1. The van der Waals surface area contributed by atoms with Crippen LogP contribution >= 0.6 is 11.6 Å². The number of hydrogen-bond donors (Lipinski definition) is 0. The third kappa shape index (κ3) is 2.74. The Bertz CT molecular complexity index is 439. The molecular weight excluding hydrogens is 229 g/mol. The van der Waals surface area contributed by atoms with E-state index < -0.39 is 5.82 Å². The van der Waals surface area contributed by atoms with Crippen LogP contribution in [0.15, 0.2) is 18.2 Å². The van der Waals surface area contributed by atoms with Crippen LogP contribution in [-0.2, 0) is 0 Å². The van der Waals surface area contributed by atoms with E-state index in [4.69, 9.17) is 18.0 Å². The second-order valence-corrected chi connectivity index (χ2v) is 3.55. The molecule has 0 aliphatic heterocycles. The van der Waals surface area contributed by atoms with Gasteiger partial charge in [-0.2, -0.15) is 0 Å². The summed E-state index contributed by atoms with van der Waals surface area (Å²) in [6, 6.07) is 3.67. The lowest BCUT2D eigenvalue weighted by atomic mass is 10.2. The summed E-state index contributed by atoms with van der Waals surface area (Å²) < 4.78 is 12.8. The fourth-order valence-electron chi connectivity index (χ4n) is 1.27. The summed E-state index contributed by atoms with van der Waals surface area (Å²) in [4.78, 5) is 13.4. The molecular formula is C12H11ClFNO. The molecule has 0 heterocycles. The van der Waals surface area contributed by atoms with Crippen molar-refractivity contribution in [2.75, 3.05) is 13.1 Å². The molecule has 0 fully saturated rings. The normalized spacial score (nSPS) is 9.62. The second-order valence-electron chi connectivity index (χ2n) is 3.15. The van der Waals surface area contributed by atoms with E-state index in [2.05, 4.69) is 5.92 Å². The Morgan fingerprint density at radius 1 is 1.62 bits per heavy atom. The predicted molar refractivity (Wildman–Crippen MR) is 61.8 cm³/mol. The SMILES string of the molecule is C#CCN(CC)C(=O)c1ccc(F)cc1Cl. The minimum absolute atomic E-state index is 0.0977. The lowest BCUT2D eigenvalue weighted by Crippen LogP contribution is -2.31. The van der Waals surface area contributed by atoms with E-state index in [0.29, 0.717) is 6.54 Å². The highest BCUT2D eigenvalue weighted by atomic mass is 35.5. The van der Waals surface area contributed by atoms with E-state index in [0.717, 1.165) is 6.07 Å². The summed E-state index contributed by atoms with van der Waals surface area (Å²) in [5.41, 5.74) is 0.264. The van der Waals surface area contributed by atoms with Crippen molar-refractivity contribution < 1.29 is 9.18 Å². The monoisotopic (exact) mass is 239 g/mol. The van der Waals surface area contributed by atoms with Crippen LogP contribution in [0.1, 0.15) is 17.3 Å². The van der Waals surface area contributed by atoms with Crippen LogP contribution in [0, 0.1) is 18.2 Å². The fraction of sp³-hybridized carbons (Fsp3) is 0.250. The van der Waals surface area contributed by atoms with E-state index in [1.54, 1.807) is 0 Å². The number of hydrogen-bond acceptors (Lipinski definition) is 1. The zero-order chi connectivity index (χ0) is 12.1. The van der Waals surface area contributed by atoms with Gasteiger partial charge in [0.1, 0.15) is 5.82 Å². The number of halogens is 2. The highest BCUT2D eigenvalue weighted by molar-refractivity contribution is 6.33. The van der Waals surface area contributed by atoms with E-state index in [9.17, 15) is 9.18 Å². The van der Waals surface area contributed by atoms with Gasteiger partial charge in [0.25, 0.3) is 5.91 Å². The first-order valence-electron chi connectivity index (χ1n) is 4.78. The van der Waals surface area contributed by atoms with Crippen LogP contribution in [0.3, 0.4) is 0 Å². The standard InChI is InChI=1S/C12H11ClFNO/c1-3-7-15(4-2)12(16)10-6-5-9(14)8-11(10)13/h1,5-6,8H,4,7H2,2H3. The van der Waals surface area contributed by atoms with Crippen molar-refractivity contribution in [3.63, 3.8) is 0 Å². The van der Waals surface area contributed by atoms with Crippen LogP contribution < -0.4 is 0 Å². The van der Waals surface area contributed by atoms with Gasteiger partial charge in [0.2, 0.25) is 0 Å². The third-order valence-corrected chi connectivity index (χ3v) is 2.43. The molecule has 0 unspecified atom stereocenters. The van der Waals surface area contributed by atoms with Gasteiger partial charge in [-0.25, -0.2) is 4.39 Å². The molecule has 0 spiro atoms. The molecule has 1 aromatic rings. The molecule has 0 bridgehead atoms. The number of rotatable bonds is 3. The Kier molecular flexibility index (Phi) is 4.33. The summed E-state index contributed by atoms with van der Waals surface area (Å²) in [7, 11) is 0. The number of carbonyl (C=O) groups excluding carboxylic acids is 1. The summed E-state index contributed by atoms with van der Waals surface area (Å²) in [5, 5.41) is 0.0977. The summed E-state index contributed by atoms with van der Waals surface area (Å²) in [6.07, 6.45) is 5.15. The van der Waals surface area contributed by atoms with E-state index in [-0.39, 0.29) is 23.0 Å². The number of terminal acetylenes is 1. The highest BCUT2D eigenvalue weighted by Crippen LogP contribution is 2.18. The molecule has 84 valence electrons. The van der Waals surface area contributed by atoms with Gasteiger partial charge in [0.05, 0.1) is 17.1 Å². The predicted octanol–water partition coefficient (Wildman–Crippen LogP) is 2.57. The fourth-order valence-corrected chi connectivity index (χ4v) is 1.52. The summed E-state index contributed by atoms with van der Waals surface area (Å²) in [6.45, 7) is 2.51. The van der Waals surface area contributed by atoms with Crippen molar-refractivity contribution >= 4 is 17.5 Å². The molecule has 0 atom stereocenters. The van der Waals surface area contributed by atoms with Gasteiger partial charge in [-0.05, 0) is 25.1 Å². The lowest BCUT2D eigenvalue weighted by molar-refractivity contribution is 0.0785. The molecule has 0 aliphatic rings. The Morgan fingerprint density at radius 2 is 2.31 bits per heavy atom. The molecule has 1 aromatic carbocycles. The third-order valence-electron chi connectivity index (χ3n) is 2.11. The Morgan fingerprint density at radius 3 is 2.81 bits per heavy atom. The first-order valence-corrected chi connectivity index (χ1v) is 5.15. The topological polar surface area (TPSA) is 20.3 Å². The molecule has 16 heavy (non-hydrogen) atoms. The van der Waals surface area contributed by atoms with Gasteiger partial charge >= 0.3 is 0 Å². The van der Waals surface area contributed by atoms with Crippen molar-refractivity contribution in [3.05, 3.63) is 34.6 Å². The first-order chi connectivity index (χ1) is 7.60. The molecule has 0 radical (unpaired) electrons. The van der Waals surface area contributed by atoms with Crippen molar-refractivity contribution in [3.8, 4) is 12.3 Å². The van der Waals surface area contributed by atoms with Gasteiger partial charge in [-0.15, -0.1) is 6.42 Å². The molecule has 4 heteroatoms. The zero-order valence-electron chi connectivity index (χ0n) is 8.84. The van der Waals surface area contributed by atoms with Crippen LogP contribution in [-0.4, -0.2) is 23.9 Å². The Labute approximate surface area is 99.0 Å². The number of amides is 1. The molecule has 1 amide bonds. The van der Waals surface area contributed by atoms with Crippen LogP contribution in [0.25, 0.3) is 0 Å². The second kappa shape index (κ2) is 5.53. The average Bonchev–Trinajstić information content (AvgIpc) is 2.25. The van der Waals surface area contributed by atoms with E-state index in [1.165, 1.54) is 17.0 Å². The minimum Gasteiger partial charge on any atom is -0.328 e. The maximum absolute atomic E-state index is 12.8. The molecule has 0 aromatic heterocycles. The van der Waals surface area contributed by atoms with Gasteiger partial charge in [-0.3, -0.25) is 4.79 Å². The maximum Gasteiger partial charge on any atom is 0.256 e. The Balaban J connectivity index is 3.00. The van der Waals surface area contributed by atoms with Gasteiger partial charge in [0.15, 0.2) is 0 Å². The minimum atomic E-state index is -0.471. The van der Waals surface area contributed by atoms with Crippen molar-refractivity contribution in [1.82, 2.24) is 4.90 Å². The number of carbonyl (C=O) groups is 1. The molecule has 0 saturated heterocycles. The Hall–Kier alpha value is -1.53. The van der Waals surface area contributed by atoms with Gasteiger partial charge < -0.3 is 4.90 Å². The first kappa shape index (κ1) is 12.5. The quantitative estimate of drug-likeness (QED) is 0.743. The molecule has 2 nitrogen and oxygen atoms in total. The lowest BCUT2D eigenvalue weighted by Gasteiger charge is -2.18. The van der Waals surface area contributed by atoms with Gasteiger partial charge in [0, 0.05) is 6.54 Å². The van der Waals surface area contributed by atoms with Crippen LogP contribution in [0.5, 0.6) is 0 Å². The molecule has 0 aliphatic carbocycles. The van der Waals surface area contributed by atoms with Crippen molar-refractivity contribution in [1.29, 1.82) is 0 Å². The van der Waals surface area contributed by atoms with Crippen molar-refractivity contribution in [2.45, 2.75) is 6.92 Å². The largest absolute Gasteiger partial charge is 0.328 e. The van der Waals surface area contributed by atoms with Crippen LogP contribution in [0.4, 0.5) is 4.39 Å². The maximum atomic E-state index is 12.8. The van der Waals surface area contributed by atoms with E-state index in [1.807, 2.05) is 6.92 Å².